The number of aromatic nitrogens is 3. The van der Waals surface area contributed by atoms with Gasteiger partial charge in [-0.2, -0.15) is 0 Å². The van der Waals surface area contributed by atoms with Crippen LogP contribution in [-0.4, -0.2) is 21.2 Å². The lowest BCUT2D eigenvalue weighted by Gasteiger charge is -2.14. The minimum Gasteiger partial charge on any atom is -0.209 e. The Balaban J connectivity index is 2.48. The molecule has 10 heteroatoms. The molecule has 0 N–H and O–H groups in total. The van der Waals surface area contributed by atoms with E-state index in [1.54, 1.807) is 17.8 Å². The lowest BCUT2D eigenvalue weighted by molar-refractivity contribution is 0.835. The van der Waals surface area contributed by atoms with Gasteiger partial charge in [0, 0.05) is 4.90 Å². The predicted octanol–water partition coefficient (Wildman–Crippen LogP) is 6.42. The van der Waals surface area contributed by atoms with Gasteiger partial charge in [-0.15, -0.1) is 11.8 Å². The fraction of sp³-hybridized carbons (Fsp3) is 0.214. The third-order valence-electron chi connectivity index (χ3n) is 2.71. The quantitative estimate of drug-likeness (QED) is 0.389. The average Bonchev–Trinajstić information content (AvgIpc) is 2.51. The highest BCUT2D eigenvalue weighted by molar-refractivity contribution is 7.98. The number of hydrogen-bond donors (Lipinski definition) is 0. The van der Waals surface area contributed by atoms with E-state index >= 15 is 0 Å². The fourth-order valence-corrected chi connectivity index (χ4v) is 2.78. The lowest BCUT2D eigenvalue weighted by Crippen LogP contribution is -2.16. The van der Waals surface area contributed by atoms with Crippen molar-refractivity contribution in [1.82, 2.24) is 15.0 Å². The van der Waals surface area contributed by atoms with E-state index in [2.05, 4.69) is 15.0 Å². The van der Waals surface area contributed by atoms with Gasteiger partial charge >= 0.3 is 0 Å². The molecule has 1 heterocycles. The largest absolute Gasteiger partial charge is 0.250 e. The summed E-state index contributed by atoms with van der Waals surface area (Å²) in [7, 11) is 0. The Morgan fingerprint density at radius 3 is 1.88 bits per heavy atom. The van der Waals surface area contributed by atoms with E-state index in [0.717, 1.165) is 10.5 Å². The van der Waals surface area contributed by atoms with Crippen molar-refractivity contribution in [2.75, 3.05) is 6.26 Å². The maximum atomic E-state index is 5.84. The molecule has 2 aromatic rings. The summed E-state index contributed by atoms with van der Waals surface area (Å²) in [6.07, 6.45) is 5.44. The number of alkyl halides is 6. The Bertz CT molecular complexity index is 723. The second-order valence-electron chi connectivity index (χ2n) is 4.41. The Hall–Kier alpha value is 0.0600. The molecule has 1 aromatic carbocycles. The molecule has 0 saturated heterocycles. The number of halogens is 6. The van der Waals surface area contributed by atoms with Crippen LogP contribution in [0.25, 0.3) is 12.2 Å². The fourth-order valence-electron chi connectivity index (χ4n) is 1.69. The van der Waals surface area contributed by atoms with E-state index in [1.807, 2.05) is 36.6 Å². The Labute approximate surface area is 173 Å². The number of rotatable bonds is 3. The monoisotopic (exact) mass is 461 g/mol. The van der Waals surface area contributed by atoms with Gasteiger partial charge in [-0.1, -0.05) is 93.9 Å². The predicted molar refractivity (Wildman–Crippen MR) is 105 cm³/mol. The van der Waals surface area contributed by atoms with Gasteiger partial charge in [-0.05, 0) is 24.0 Å². The molecule has 0 aliphatic carbocycles. The zero-order chi connectivity index (χ0) is 18.0. The van der Waals surface area contributed by atoms with Crippen LogP contribution in [0.1, 0.15) is 23.0 Å². The molecule has 0 aliphatic heterocycles. The Morgan fingerprint density at radius 2 is 1.38 bits per heavy atom. The number of hydrogen-bond acceptors (Lipinski definition) is 4. The standard InChI is InChI=1S/C14H9Cl6N3S/c1-24-9-5-3-2-4-8(9)6-7-10-21-11(13(15,16)17)23-12(22-10)14(18,19)20/h2-7H,1H3. The Kier molecular flexibility index (Phi) is 6.94. The van der Waals surface area contributed by atoms with Crippen molar-refractivity contribution in [3.8, 4) is 0 Å². The lowest BCUT2D eigenvalue weighted by atomic mass is 10.2. The van der Waals surface area contributed by atoms with E-state index < -0.39 is 7.59 Å². The maximum absolute atomic E-state index is 5.84. The van der Waals surface area contributed by atoms with Crippen molar-refractivity contribution >= 4 is 93.5 Å². The van der Waals surface area contributed by atoms with Crippen LogP contribution in [0, 0.1) is 0 Å². The molecule has 3 nitrogen and oxygen atoms in total. The summed E-state index contributed by atoms with van der Waals surface area (Å²) in [4.78, 5) is 13.2. The molecule has 24 heavy (non-hydrogen) atoms. The SMILES string of the molecule is CSc1ccccc1C=Cc1nc(C(Cl)(Cl)Cl)nc(C(Cl)(Cl)Cl)n1. The first kappa shape index (κ1) is 20.4. The van der Waals surface area contributed by atoms with E-state index in [4.69, 9.17) is 69.6 Å². The van der Waals surface area contributed by atoms with Gasteiger partial charge < -0.3 is 0 Å². The topological polar surface area (TPSA) is 38.7 Å². The van der Waals surface area contributed by atoms with E-state index in [0.29, 0.717) is 0 Å². The van der Waals surface area contributed by atoms with E-state index in [1.165, 1.54) is 0 Å². The van der Waals surface area contributed by atoms with Crippen LogP contribution in [0.3, 0.4) is 0 Å². The zero-order valence-corrected chi connectivity index (χ0v) is 17.3. The molecular formula is C14H9Cl6N3S. The first-order valence-electron chi connectivity index (χ1n) is 6.33. The van der Waals surface area contributed by atoms with Crippen LogP contribution < -0.4 is 0 Å². The van der Waals surface area contributed by atoms with Crippen LogP contribution in [0.2, 0.25) is 0 Å². The molecule has 2 rings (SSSR count). The first-order valence-corrected chi connectivity index (χ1v) is 9.82. The molecule has 128 valence electrons. The normalized spacial score (nSPS) is 12.8. The zero-order valence-electron chi connectivity index (χ0n) is 12.0. The van der Waals surface area contributed by atoms with Gasteiger partial charge in [0.1, 0.15) is 0 Å². The molecule has 0 unspecified atom stereocenters. The van der Waals surface area contributed by atoms with Gasteiger partial charge in [0.2, 0.25) is 7.59 Å². The molecule has 0 aliphatic rings. The van der Waals surface area contributed by atoms with E-state index in [-0.39, 0.29) is 17.5 Å². The molecule has 0 atom stereocenters. The van der Waals surface area contributed by atoms with Crippen molar-refractivity contribution in [3.05, 3.63) is 47.3 Å². The van der Waals surface area contributed by atoms with Crippen molar-refractivity contribution in [3.63, 3.8) is 0 Å². The highest BCUT2D eigenvalue weighted by atomic mass is 35.6. The minimum absolute atomic E-state index is 0.123. The average molecular weight is 464 g/mol. The highest BCUT2D eigenvalue weighted by Crippen LogP contribution is 2.40. The molecule has 0 saturated carbocycles. The molecule has 0 amide bonds. The third kappa shape index (κ3) is 5.53. The van der Waals surface area contributed by atoms with Crippen molar-refractivity contribution in [1.29, 1.82) is 0 Å². The van der Waals surface area contributed by atoms with Gasteiger partial charge in [0.15, 0.2) is 17.5 Å². The van der Waals surface area contributed by atoms with Gasteiger partial charge in [0.05, 0.1) is 0 Å². The van der Waals surface area contributed by atoms with Gasteiger partial charge in [-0.3, -0.25) is 0 Å². The number of thioether (sulfide) groups is 1. The molecule has 0 bridgehead atoms. The van der Waals surface area contributed by atoms with Gasteiger partial charge in [-0.25, -0.2) is 15.0 Å². The summed E-state index contributed by atoms with van der Waals surface area (Å²) in [6.45, 7) is 0. The van der Waals surface area contributed by atoms with Crippen LogP contribution in [0.5, 0.6) is 0 Å². The molecule has 0 radical (unpaired) electrons. The van der Waals surface area contributed by atoms with Crippen molar-refractivity contribution in [2.45, 2.75) is 12.5 Å². The summed E-state index contributed by atoms with van der Waals surface area (Å²) >= 11 is 36.6. The van der Waals surface area contributed by atoms with Gasteiger partial charge in [0.25, 0.3) is 0 Å². The maximum Gasteiger partial charge on any atom is 0.250 e. The Morgan fingerprint density at radius 1 is 0.833 bits per heavy atom. The molecule has 0 fully saturated rings. The van der Waals surface area contributed by atoms with Crippen LogP contribution in [0.15, 0.2) is 29.2 Å². The summed E-state index contributed by atoms with van der Waals surface area (Å²) in [5, 5.41) is 0. The summed E-state index contributed by atoms with van der Waals surface area (Å²) in [5.41, 5.74) is 0.983. The summed E-state index contributed by atoms with van der Waals surface area (Å²) < 4.78 is -3.74. The van der Waals surface area contributed by atoms with E-state index in [9.17, 15) is 0 Å². The summed E-state index contributed by atoms with van der Waals surface area (Å²) in [6, 6.07) is 7.83. The van der Waals surface area contributed by atoms with Crippen LogP contribution >= 0.6 is 81.4 Å². The molecule has 1 aromatic heterocycles. The molecular weight excluding hydrogens is 455 g/mol. The second-order valence-corrected chi connectivity index (χ2v) is 9.82. The van der Waals surface area contributed by atoms with Crippen molar-refractivity contribution in [2.24, 2.45) is 0 Å². The van der Waals surface area contributed by atoms with Crippen LogP contribution in [-0.2, 0) is 7.59 Å². The summed E-state index contributed by atoms with van der Waals surface area (Å²) in [5.74, 6) is -0.0354. The molecule has 0 spiro atoms. The smallest absolute Gasteiger partial charge is 0.209 e. The third-order valence-corrected chi connectivity index (χ3v) is 4.54. The highest BCUT2D eigenvalue weighted by Gasteiger charge is 2.33. The number of nitrogens with zero attached hydrogens (tertiary/aromatic N) is 3. The minimum atomic E-state index is -1.87. The first-order chi connectivity index (χ1) is 11.1. The van der Waals surface area contributed by atoms with Crippen molar-refractivity contribution < 1.29 is 0 Å². The second kappa shape index (κ2) is 8.17. The number of benzene rings is 1. The van der Waals surface area contributed by atoms with Crippen LogP contribution in [0.4, 0.5) is 0 Å².